The zero-order chi connectivity index (χ0) is 26.1. The molecule has 0 saturated carbocycles. The van der Waals surface area contributed by atoms with E-state index in [-0.39, 0.29) is 18.6 Å². The number of nitrogens with one attached hydrogen (secondary N) is 1. The molecule has 3 heteroatoms. The van der Waals surface area contributed by atoms with Gasteiger partial charge in [-0.05, 0) is 64.4 Å². The van der Waals surface area contributed by atoms with Gasteiger partial charge in [-0.25, -0.2) is 0 Å². The second kappa shape index (κ2) is 17.5. The second-order valence-electron chi connectivity index (χ2n) is 9.64. The van der Waals surface area contributed by atoms with Gasteiger partial charge in [0.1, 0.15) is 0 Å². The van der Waals surface area contributed by atoms with Crippen molar-refractivity contribution in [3.63, 3.8) is 0 Å². The van der Waals surface area contributed by atoms with Crippen LogP contribution in [0.25, 0.3) is 0 Å². The first-order valence-corrected chi connectivity index (χ1v) is 12.7. The standard InChI is InChI=1S/C32H45NO2/c1-25(15-11-8-7-9-12-16-29(5)32(35)33-30(6)24-34)21-27(3)23-28(4)22-26(2)19-20-31-17-13-10-14-18-31/h7-18,21-22,26-27,30,34H,19-20,23-24H2,1-6H3,(H,33,35)/b8-7+,12-9+,15-11+,25-21+,28-22+,29-16+/t26-,27+,30+/m0/s1. The molecule has 0 spiro atoms. The van der Waals surface area contributed by atoms with Crippen LogP contribution in [0.15, 0.2) is 102 Å². The summed E-state index contributed by atoms with van der Waals surface area (Å²) < 4.78 is 0. The average Bonchev–Trinajstić information content (AvgIpc) is 2.82. The van der Waals surface area contributed by atoms with E-state index in [4.69, 9.17) is 5.11 Å². The summed E-state index contributed by atoms with van der Waals surface area (Å²) in [6, 6.07) is 10.5. The van der Waals surface area contributed by atoms with Crippen LogP contribution in [-0.4, -0.2) is 23.7 Å². The van der Waals surface area contributed by atoms with Crippen molar-refractivity contribution in [3.8, 4) is 0 Å². The van der Waals surface area contributed by atoms with Crippen LogP contribution >= 0.6 is 0 Å². The predicted octanol–water partition coefficient (Wildman–Crippen LogP) is 7.29. The van der Waals surface area contributed by atoms with E-state index in [9.17, 15) is 4.79 Å². The summed E-state index contributed by atoms with van der Waals surface area (Å²) in [6.07, 6.45) is 21.7. The van der Waals surface area contributed by atoms with Gasteiger partial charge >= 0.3 is 0 Å². The smallest absolute Gasteiger partial charge is 0.247 e. The van der Waals surface area contributed by atoms with Crippen molar-refractivity contribution < 1.29 is 9.90 Å². The molecule has 3 nitrogen and oxygen atoms in total. The molecular formula is C32H45NO2. The molecule has 0 fully saturated rings. The Morgan fingerprint density at radius 1 is 0.914 bits per heavy atom. The highest BCUT2D eigenvalue weighted by atomic mass is 16.3. The Balaban J connectivity index is 2.44. The highest BCUT2D eigenvalue weighted by Gasteiger charge is 2.06. The Hall–Kier alpha value is -2.91. The maximum absolute atomic E-state index is 11.9. The van der Waals surface area contributed by atoms with Gasteiger partial charge in [0.15, 0.2) is 0 Å². The average molecular weight is 476 g/mol. The Morgan fingerprint density at radius 2 is 1.57 bits per heavy atom. The van der Waals surface area contributed by atoms with E-state index in [1.807, 2.05) is 30.4 Å². The third kappa shape index (κ3) is 14.9. The summed E-state index contributed by atoms with van der Waals surface area (Å²) in [7, 11) is 0. The molecule has 0 aliphatic carbocycles. The lowest BCUT2D eigenvalue weighted by Gasteiger charge is -2.12. The molecule has 3 atom stereocenters. The molecule has 0 bridgehead atoms. The van der Waals surface area contributed by atoms with Crippen molar-refractivity contribution >= 4 is 5.91 Å². The van der Waals surface area contributed by atoms with Gasteiger partial charge in [0.05, 0.1) is 6.61 Å². The fourth-order valence-corrected chi connectivity index (χ4v) is 3.81. The maximum Gasteiger partial charge on any atom is 0.247 e. The quantitative estimate of drug-likeness (QED) is 0.169. The molecule has 0 unspecified atom stereocenters. The summed E-state index contributed by atoms with van der Waals surface area (Å²) >= 11 is 0. The number of hydrogen-bond acceptors (Lipinski definition) is 2. The molecule has 1 amide bonds. The molecule has 0 radical (unpaired) electrons. The lowest BCUT2D eigenvalue weighted by Crippen LogP contribution is -2.35. The summed E-state index contributed by atoms with van der Waals surface area (Å²) in [4.78, 5) is 11.9. The molecule has 0 saturated heterocycles. The summed E-state index contributed by atoms with van der Waals surface area (Å²) in [5, 5.41) is 11.7. The monoisotopic (exact) mass is 475 g/mol. The van der Waals surface area contributed by atoms with Crippen LogP contribution in [0.1, 0.15) is 59.9 Å². The van der Waals surface area contributed by atoms with Crippen LogP contribution in [-0.2, 0) is 11.2 Å². The van der Waals surface area contributed by atoms with Crippen LogP contribution < -0.4 is 5.32 Å². The highest BCUT2D eigenvalue weighted by molar-refractivity contribution is 5.93. The molecule has 2 N–H and O–H groups in total. The first-order valence-electron chi connectivity index (χ1n) is 12.7. The summed E-state index contributed by atoms with van der Waals surface area (Å²) in [5.74, 6) is 0.915. The molecule has 1 rings (SSSR count). The first-order chi connectivity index (χ1) is 16.7. The largest absolute Gasteiger partial charge is 0.394 e. The molecular weight excluding hydrogens is 430 g/mol. The Kier molecular flexibility index (Phi) is 15.1. The van der Waals surface area contributed by atoms with Crippen LogP contribution in [0.4, 0.5) is 0 Å². The van der Waals surface area contributed by atoms with Gasteiger partial charge in [-0.1, -0.05) is 110 Å². The fourth-order valence-electron chi connectivity index (χ4n) is 3.81. The van der Waals surface area contributed by atoms with Gasteiger partial charge < -0.3 is 10.4 Å². The number of hydrogen-bond donors (Lipinski definition) is 2. The summed E-state index contributed by atoms with van der Waals surface area (Å²) in [6.45, 7) is 12.4. The minimum absolute atomic E-state index is 0.0682. The lowest BCUT2D eigenvalue weighted by molar-refractivity contribution is -0.118. The number of allylic oxidation sites excluding steroid dienone is 11. The van der Waals surface area contributed by atoms with E-state index < -0.39 is 0 Å². The number of aliphatic hydroxyl groups is 1. The molecule has 190 valence electrons. The van der Waals surface area contributed by atoms with Gasteiger partial charge in [0, 0.05) is 11.6 Å². The van der Waals surface area contributed by atoms with E-state index in [0.29, 0.717) is 17.4 Å². The number of amides is 1. The van der Waals surface area contributed by atoms with Crippen LogP contribution in [0.2, 0.25) is 0 Å². The van der Waals surface area contributed by atoms with Gasteiger partial charge in [-0.15, -0.1) is 0 Å². The highest BCUT2D eigenvalue weighted by Crippen LogP contribution is 2.19. The van der Waals surface area contributed by atoms with Crippen molar-refractivity contribution in [2.45, 2.75) is 66.8 Å². The number of benzene rings is 1. The first kappa shape index (κ1) is 30.1. The zero-order valence-corrected chi connectivity index (χ0v) is 22.5. The van der Waals surface area contributed by atoms with Crippen LogP contribution in [0.5, 0.6) is 0 Å². The van der Waals surface area contributed by atoms with Crippen molar-refractivity contribution in [1.29, 1.82) is 0 Å². The van der Waals surface area contributed by atoms with E-state index in [1.165, 1.54) is 23.1 Å². The van der Waals surface area contributed by atoms with Crippen LogP contribution in [0, 0.1) is 11.8 Å². The van der Waals surface area contributed by atoms with Crippen molar-refractivity contribution in [2.24, 2.45) is 11.8 Å². The normalized spacial score (nSPS) is 16.3. The maximum atomic E-state index is 11.9. The minimum atomic E-state index is -0.243. The van der Waals surface area contributed by atoms with Crippen molar-refractivity contribution in [3.05, 3.63) is 107 Å². The predicted molar refractivity (Wildman–Crippen MR) is 151 cm³/mol. The van der Waals surface area contributed by atoms with E-state index in [2.05, 4.69) is 81.6 Å². The van der Waals surface area contributed by atoms with E-state index in [0.717, 1.165) is 12.8 Å². The van der Waals surface area contributed by atoms with Gasteiger partial charge in [0.2, 0.25) is 5.91 Å². The van der Waals surface area contributed by atoms with Crippen molar-refractivity contribution in [2.75, 3.05) is 6.61 Å². The van der Waals surface area contributed by atoms with Gasteiger partial charge in [-0.3, -0.25) is 4.79 Å². The van der Waals surface area contributed by atoms with E-state index >= 15 is 0 Å². The molecule has 1 aromatic carbocycles. The number of aliphatic hydroxyl groups excluding tert-OH is 1. The minimum Gasteiger partial charge on any atom is -0.394 e. The topological polar surface area (TPSA) is 49.3 Å². The lowest BCUT2D eigenvalue weighted by atomic mass is 9.94. The number of carbonyl (C=O) groups excluding carboxylic acids is 1. The third-order valence-electron chi connectivity index (χ3n) is 5.65. The Labute approximate surface area is 213 Å². The van der Waals surface area contributed by atoms with E-state index in [1.54, 1.807) is 19.9 Å². The van der Waals surface area contributed by atoms with Crippen LogP contribution in [0.3, 0.4) is 0 Å². The Bertz CT molecular complexity index is 932. The molecule has 0 aliphatic rings. The molecule has 1 aromatic rings. The van der Waals surface area contributed by atoms with Crippen molar-refractivity contribution in [1.82, 2.24) is 5.32 Å². The number of rotatable bonds is 14. The van der Waals surface area contributed by atoms with Gasteiger partial charge in [-0.2, -0.15) is 0 Å². The second-order valence-corrected chi connectivity index (χ2v) is 9.64. The Morgan fingerprint density at radius 3 is 2.26 bits per heavy atom. The summed E-state index contributed by atoms with van der Waals surface area (Å²) in [5.41, 5.74) is 4.73. The molecule has 0 heterocycles. The number of aryl methyl sites for hydroxylation is 1. The number of carbonyl (C=O) groups is 1. The molecule has 0 aliphatic heterocycles. The molecule has 35 heavy (non-hydrogen) atoms. The third-order valence-corrected chi connectivity index (χ3v) is 5.65. The SMILES string of the molecule is CC(/C=C/C=C/C=C/C=C(\C)C(=O)N[C@H](C)CO)=C\[C@@H](C)C/C(C)=C/[C@@H](C)CCc1ccccc1. The zero-order valence-electron chi connectivity index (χ0n) is 22.5. The molecule has 0 aromatic heterocycles. The van der Waals surface area contributed by atoms with Gasteiger partial charge in [0.25, 0.3) is 0 Å². The fraction of sp³-hybridized carbons (Fsp3) is 0.406.